The van der Waals surface area contributed by atoms with Crippen LogP contribution in [0.15, 0.2) is 78.9 Å². The summed E-state index contributed by atoms with van der Waals surface area (Å²) in [6, 6.07) is 20.4. The molecule has 5 atom stereocenters. The van der Waals surface area contributed by atoms with Crippen LogP contribution in [0.2, 0.25) is 0 Å². The number of carbonyl (C=O) groups is 6. The van der Waals surface area contributed by atoms with Gasteiger partial charge >= 0.3 is 6.09 Å². The largest absolute Gasteiger partial charge is 0.445 e. The van der Waals surface area contributed by atoms with Gasteiger partial charge < -0.3 is 46.5 Å². The normalized spacial score (nSPS) is 18.7. The number of unbranched alkanes of at least 4 members (excludes halogenated alkanes) is 2. The standard InChI is InChI=1S/C45H60N6O9/c1-4-5-12-31-17-19-33(20-18-31)34-21-23-35(24-22-34)41(54)49-36(15-9-10-27-47-45(58)60-29-32-13-7-6-8-14-32)43(56)50-37-25-26-39(52)46-28-11-16-38(44(57)59-3)51-40(53)30(2)48-42(37)55/h6-8,13-14,17-24,30,36-38,44,57H,4-5,9-12,15-16,25-29H2,1-3H3,(H,46,52)(H,47,58)(H,48,55)(H,49,54)(H,50,56)(H,51,53). The smallest absolute Gasteiger partial charge is 0.407 e. The van der Waals surface area contributed by atoms with Crippen LogP contribution in [0.3, 0.4) is 0 Å². The molecule has 0 aliphatic carbocycles. The lowest BCUT2D eigenvalue weighted by atomic mass is 10.0. The first kappa shape index (κ1) is 46.9. The average molecular weight is 829 g/mol. The second-order valence-corrected chi connectivity index (χ2v) is 15.0. The number of amides is 6. The summed E-state index contributed by atoms with van der Waals surface area (Å²) in [5.74, 6) is -2.81. The van der Waals surface area contributed by atoms with E-state index in [-0.39, 0.29) is 44.9 Å². The maximum atomic E-state index is 14.0. The summed E-state index contributed by atoms with van der Waals surface area (Å²) < 4.78 is 10.3. The summed E-state index contributed by atoms with van der Waals surface area (Å²) in [5.41, 5.74) is 4.36. The summed E-state index contributed by atoms with van der Waals surface area (Å²) in [5, 5.41) is 26.5. The molecule has 60 heavy (non-hydrogen) atoms. The third-order valence-electron chi connectivity index (χ3n) is 10.2. The van der Waals surface area contributed by atoms with Gasteiger partial charge in [0.1, 0.15) is 24.7 Å². The molecule has 0 saturated carbocycles. The van der Waals surface area contributed by atoms with Crippen molar-refractivity contribution >= 4 is 35.6 Å². The van der Waals surface area contributed by atoms with Crippen molar-refractivity contribution in [3.8, 4) is 11.1 Å². The molecule has 15 heteroatoms. The molecule has 6 amide bonds. The number of carbonyl (C=O) groups excluding carboxylic acids is 6. The third-order valence-corrected chi connectivity index (χ3v) is 10.2. The maximum absolute atomic E-state index is 14.0. The van der Waals surface area contributed by atoms with E-state index in [1.54, 1.807) is 12.1 Å². The molecule has 0 radical (unpaired) electrons. The number of aliphatic hydroxyl groups is 1. The lowest BCUT2D eigenvalue weighted by Gasteiger charge is -2.27. The van der Waals surface area contributed by atoms with E-state index in [1.807, 2.05) is 42.5 Å². The highest BCUT2D eigenvalue weighted by atomic mass is 16.6. The third kappa shape index (κ3) is 15.8. The zero-order chi connectivity index (χ0) is 43.3. The van der Waals surface area contributed by atoms with Crippen LogP contribution in [-0.4, -0.2) is 91.4 Å². The molecular weight excluding hydrogens is 769 g/mol. The topological polar surface area (TPSA) is 213 Å². The molecule has 3 aromatic rings. The fourth-order valence-electron chi connectivity index (χ4n) is 6.60. The number of rotatable bonds is 17. The minimum Gasteiger partial charge on any atom is -0.445 e. The number of hydrogen-bond donors (Lipinski definition) is 7. The van der Waals surface area contributed by atoms with Crippen LogP contribution in [0.5, 0.6) is 0 Å². The van der Waals surface area contributed by atoms with Crippen molar-refractivity contribution in [1.29, 1.82) is 0 Å². The van der Waals surface area contributed by atoms with Crippen LogP contribution < -0.4 is 31.9 Å². The summed E-state index contributed by atoms with van der Waals surface area (Å²) in [6.07, 6.45) is 2.89. The molecule has 1 aliphatic heterocycles. The summed E-state index contributed by atoms with van der Waals surface area (Å²) in [6.45, 7) is 4.24. The molecule has 0 bridgehead atoms. The van der Waals surface area contributed by atoms with Gasteiger partial charge in [0.15, 0.2) is 6.29 Å². The molecule has 1 aliphatic rings. The van der Waals surface area contributed by atoms with Crippen LogP contribution in [0.4, 0.5) is 4.79 Å². The lowest BCUT2D eigenvalue weighted by Crippen LogP contribution is -2.57. The van der Waals surface area contributed by atoms with Gasteiger partial charge in [0.05, 0.1) is 6.04 Å². The predicted octanol–water partition coefficient (Wildman–Crippen LogP) is 4.02. The second kappa shape index (κ2) is 25.0. The number of alkyl carbamates (subject to hydrolysis) is 1. The van der Waals surface area contributed by atoms with E-state index in [2.05, 4.69) is 63.1 Å². The zero-order valence-corrected chi connectivity index (χ0v) is 34.8. The molecule has 3 aromatic carbocycles. The Morgan fingerprint density at radius 3 is 2.23 bits per heavy atom. The van der Waals surface area contributed by atoms with E-state index in [9.17, 15) is 33.9 Å². The Hall–Kier alpha value is -5.80. The van der Waals surface area contributed by atoms with Gasteiger partial charge in [0, 0.05) is 32.2 Å². The van der Waals surface area contributed by atoms with Crippen LogP contribution in [0.25, 0.3) is 11.1 Å². The van der Waals surface area contributed by atoms with Crippen molar-refractivity contribution in [2.24, 2.45) is 0 Å². The van der Waals surface area contributed by atoms with E-state index in [0.29, 0.717) is 31.2 Å². The van der Waals surface area contributed by atoms with Gasteiger partial charge in [-0.25, -0.2) is 4.79 Å². The van der Waals surface area contributed by atoms with Crippen molar-refractivity contribution in [3.05, 3.63) is 95.6 Å². The van der Waals surface area contributed by atoms with E-state index >= 15 is 0 Å². The Morgan fingerprint density at radius 1 is 0.850 bits per heavy atom. The lowest BCUT2D eigenvalue weighted by molar-refractivity contribution is -0.136. The highest BCUT2D eigenvalue weighted by Crippen LogP contribution is 2.21. The van der Waals surface area contributed by atoms with Gasteiger partial charge in [0.2, 0.25) is 23.6 Å². The summed E-state index contributed by atoms with van der Waals surface area (Å²) in [7, 11) is 1.30. The van der Waals surface area contributed by atoms with Crippen molar-refractivity contribution in [2.45, 2.75) is 115 Å². The number of methoxy groups -OCH3 is 1. The molecule has 5 unspecified atom stereocenters. The number of hydrogen-bond acceptors (Lipinski definition) is 9. The minimum absolute atomic E-state index is 0.0838. The van der Waals surface area contributed by atoms with E-state index in [4.69, 9.17) is 9.47 Å². The summed E-state index contributed by atoms with van der Waals surface area (Å²) in [4.78, 5) is 79.3. The van der Waals surface area contributed by atoms with Gasteiger partial charge in [0.25, 0.3) is 5.91 Å². The summed E-state index contributed by atoms with van der Waals surface area (Å²) >= 11 is 0. The van der Waals surface area contributed by atoms with Crippen LogP contribution in [0, 0.1) is 0 Å². The van der Waals surface area contributed by atoms with Gasteiger partial charge in [-0.15, -0.1) is 0 Å². The van der Waals surface area contributed by atoms with Crippen molar-refractivity contribution in [3.63, 3.8) is 0 Å². The van der Waals surface area contributed by atoms with E-state index in [1.165, 1.54) is 19.6 Å². The molecular formula is C45H60N6O9. The molecule has 324 valence electrons. The molecule has 0 aromatic heterocycles. The van der Waals surface area contributed by atoms with Crippen molar-refractivity contribution in [1.82, 2.24) is 31.9 Å². The number of benzene rings is 3. The fourth-order valence-corrected chi connectivity index (χ4v) is 6.60. The first-order valence-electron chi connectivity index (χ1n) is 20.8. The molecule has 7 N–H and O–H groups in total. The molecule has 1 saturated heterocycles. The zero-order valence-electron chi connectivity index (χ0n) is 34.8. The fraction of sp³-hybridized carbons (Fsp3) is 0.467. The maximum Gasteiger partial charge on any atom is 0.407 e. The Balaban J connectivity index is 1.44. The highest BCUT2D eigenvalue weighted by molar-refractivity contribution is 5.99. The molecule has 4 rings (SSSR count). The molecule has 1 fully saturated rings. The monoisotopic (exact) mass is 828 g/mol. The number of aliphatic hydroxyl groups excluding tert-OH is 1. The Morgan fingerprint density at radius 2 is 1.55 bits per heavy atom. The molecule has 15 nitrogen and oxygen atoms in total. The Bertz CT molecular complexity index is 1840. The van der Waals surface area contributed by atoms with Gasteiger partial charge in [-0.05, 0) is 92.7 Å². The highest BCUT2D eigenvalue weighted by Gasteiger charge is 2.31. The van der Waals surface area contributed by atoms with Gasteiger partial charge in [-0.3, -0.25) is 24.0 Å². The van der Waals surface area contributed by atoms with E-state index in [0.717, 1.165) is 36.0 Å². The second-order valence-electron chi connectivity index (χ2n) is 15.0. The first-order chi connectivity index (χ1) is 29.0. The van der Waals surface area contributed by atoms with Crippen molar-refractivity contribution in [2.75, 3.05) is 20.2 Å². The molecule has 0 spiro atoms. The average Bonchev–Trinajstić information content (AvgIpc) is 3.26. The van der Waals surface area contributed by atoms with Gasteiger partial charge in [-0.1, -0.05) is 80.1 Å². The van der Waals surface area contributed by atoms with Crippen LogP contribution >= 0.6 is 0 Å². The van der Waals surface area contributed by atoms with Gasteiger partial charge in [-0.2, -0.15) is 0 Å². The predicted molar refractivity (Wildman–Crippen MR) is 226 cm³/mol. The SMILES string of the molecule is CCCCc1ccc(-c2ccc(C(=O)NC(CCCCNC(=O)OCc3ccccc3)C(=O)NC3CCC(=O)NCCCC(C(O)OC)NC(=O)C(C)NC3=O)cc2)cc1. The first-order valence-corrected chi connectivity index (χ1v) is 20.8. The van der Waals surface area contributed by atoms with Crippen LogP contribution in [-0.2, 0) is 41.7 Å². The Labute approximate surface area is 352 Å². The van der Waals surface area contributed by atoms with E-state index < -0.39 is 60.2 Å². The Kier molecular flexibility index (Phi) is 19.5. The minimum atomic E-state index is -1.31. The molecule has 1 heterocycles. The number of nitrogens with one attached hydrogen (secondary N) is 6. The quantitative estimate of drug-likeness (QED) is 0.0773. The number of aryl methyl sites for hydroxylation is 1. The van der Waals surface area contributed by atoms with Crippen molar-refractivity contribution < 1.29 is 43.3 Å². The van der Waals surface area contributed by atoms with Crippen LogP contribution in [0.1, 0.15) is 93.1 Å². The number of ether oxygens (including phenoxy) is 2.